The molecule has 174 valence electrons. The minimum Gasteiger partial charge on any atom is -0.397 e. The summed E-state index contributed by atoms with van der Waals surface area (Å²) in [7, 11) is 0. The highest BCUT2D eigenvalue weighted by Crippen LogP contribution is 2.41. The van der Waals surface area contributed by atoms with Gasteiger partial charge in [0.15, 0.2) is 0 Å². The molecule has 0 bridgehead atoms. The van der Waals surface area contributed by atoms with Gasteiger partial charge in [-0.25, -0.2) is 4.98 Å². The molecule has 35 heavy (non-hydrogen) atoms. The Morgan fingerprint density at radius 1 is 0.857 bits per heavy atom. The summed E-state index contributed by atoms with van der Waals surface area (Å²) in [6.07, 6.45) is -4.51. The first kappa shape index (κ1) is 22.6. The molecule has 0 spiro atoms. The smallest absolute Gasteiger partial charge is 0.397 e. The molecule has 0 aliphatic heterocycles. The van der Waals surface area contributed by atoms with Crippen LogP contribution in [0.4, 0.5) is 24.5 Å². The Balaban J connectivity index is 1.61. The fourth-order valence-electron chi connectivity index (χ4n) is 3.85. The van der Waals surface area contributed by atoms with E-state index in [2.05, 4.69) is 5.32 Å². The fourth-order valence-corrected chi connectivity index (χ4v) is 4.87. The molecule has 3 aromatic carbocycles. The molecule has 8 heteroatoms. The van der Waals surface area contributed by atoms with Crippen molar-refractivity contribution in [3.63, 3.8) is 0 Å². The Bertz CT molecular complexity index is 1530. The van der Waals surface area contributed by atoms with Crippen molar-refractivity contribution in [3.8, 4) is 22.4 Å². The Labute approximate surface area is 202 Å². The maximum Gasteiger partial charge on any atom is 0.416 e. The van der Waals surface area contributed by atoms with Gasteiger partial charge < -0.3 is 11.1 Å². The van der Waals surface area contributed by atoms with Crippen molar-refractivity contribution < 1.29 is 18.0 Å². The van der Waals surface area contributed by atoms with Crippen LogP contribution in [0.3, 0.4) is 0 Å². The number of thiophene rings is 1. The predicted octanol–water partition coefficient (Wildman–Crippen LogP) is 7.48. The van der Waals surface area contributed by atoms with Crippen molar-refractivity contribution in [1.29, 1.82) is 0 Å². The van der Waals surface area contributed by atoms with Crippen molar-refractivity contribution in [2.45, 2.75) is 6.18 Å². The van der Waals surface area contributed by atoms with Gasteiger partial charge in [0.25, 0.3) is 5.91 Å². The zero-order chi connectivity index (χ0) is 24.6. The van der Waals surface area contributed by atoms with Crippen molar-refractivity contribution in [1.82, 2.24) is 4.98 Å². The van der Waals surface area contributed by atoms with Crippen LogP contribution in [0.25, 0.3) is 32.6 Å². The minimum absolute atomic E-state index is 0.0305. The first-order valence-electron chi connectivity index (χ1n) is 10.6. The maximum atomic E-state index is 13.1. The lowest BCUT2D eigenvalue weighted by molar-refractivity contribution is -0.137. The number of fused-ring (bicyclic) bond motifs is 1. The second-order valence-electron chi connectivity index (χ2n) is 7.84. The number of amides is 1. The van der Waals surface area contributed by atoms with Gasteiger partial charge in [0.2, 0.25) is 0 Å². The van der Waals surface area contributed by atoms with Crippen molar-refractivity contribution >= 4 is 38.8 Å². The third-order valence-corrected chi connectivity index (χ3v) is 6.61. The zero-order valence-electron chi connectivity index (χ0n) is 18.1. The van der Waals surface area contributed by atoms with E-state index in [9.17, 15) is 18.0 Å². The number of carbonyl (C=O) groups excluding carboxylic acids is 1. The molecule has 2 heterocycles. The highest BCUT2D eigenvalue weighted by molar-refractivity contribution is 7.21. The van der Waals surface area contributed by atoms with E-state index in [1.807, 2.05) is 66.7 Å². The minimum atomic E-state index is -4.51. The number of rotatable bonds is 4. The monoisotopic (exact) mass is 489 g/mol. The van der Waals surface area contributed by atoms with Gasteiger partial charge in [-0.05, 0) is 35.4 Å². The molecular formula is C27H18F3N3OS. The number of nitrogens with zero attached hydrogens (tertiary/aromatic N) is 1. The number of aromatic nitrogens is 1. The van der Waals surface area contributed by atoms with E-state index in [1.54, 1.807) is 0 Å². The first-order valence-corrected chi connectivity index (χ1v) is 11.5. The third-order valence-electron chi connectivity index (χ3n) is 5.51. The highest BCUT2D eigenvalue weighted by Gasteiger charge is 2.30. The van der Waals surface area contributed by atoms with Gasteiger partial charge in [0, 0.05) is 16.6 Å². The molecule has 0 fully saturated rings. The average Bonchev–Trinajstić information content (AvgIpc) is 3.21. The molecule has 0 saturated carbocycles. The van der Waals surface area contributed by atoms with Crippen LogP contribution in [-0.4, -0.2) is 10.9 Å². The second-order valence-corrected chi connectivity index (χ2v) is 8.84. The molecule has 1 amide bonds. The van der Waals surface area contributed by atoms with E-state index in [1.165, 1.54) is 12.1 Å². The second kappa shape index (κ2) is 8.88. The lowest BCUT2D eigenvalue weighted by atomic mass is 9.99. The van der Waals surface area contributed by atoms with E-state index in [4.69, 9.17) is 10.7 Å². The summed E-state index contributed by atoms with van der Waals surface area (Å²) in [5.74, 6) is -0.593. The average molecular weight is 490 g/mol. The van der Waals surface area contributed by atoms with Gasteiger partial charge in [-0.3, -0.25) is 4.79 Å². The van der Waals surface area contributed by atoms with Gasteiger partial charge in [-0.2, -0.15) is 13.2 Å². The summed E-state index contributed by atoms with van der Waals surface area (Å²) in [5, 5.41) is 3.18. The number of pyridine rings is 1. The number of halogens is 3. The molecule has 5 aromatic rings. The van der Waals surface area contributed by atoms with Crippen LogP contribution in [0.5, 0.6) is 0 Å². The summed E-state index contributed by atoms with van der Waals surface area (Å²) in [6, 6.07) is 25.7. The molecule has 4 nitrogen and oxygen atoms in total. The molecule has 0 saturated heterocycles. The number of nitrogen functional groups attached to an aromatic ring is 1. The lowest BCUT2D eigenvalue weighted by Gasteiger charge is -2.10. The molecule has 0 unspecified atom stereocenters. The number of carbonyl (C=O) groups is 1. The van der Waals surface area contributed by atoms with Gasteiger partial charge in [-0.15, -0.1) is 11.3 Å². The van der Waals surface area contributed by atoms with Crippen molar-refractivity contribution in [3.05, 3.63) is 101 Å². The Hall–Kier alpha value is -4.17. The largest absolute Gasteiger partial charge is 0.416 e. The number of alkyl halides is 3. The van der Waals surface area contributed by atoms with E-state index in [-0.39, 0.29) is 16.3 Å². The van der Waals surface area contributed by atoms with Crippen molar-refractivity contribution in [2.24, 2.45) is 0 Å². The van der Waals surface area contributed by atoms with E-state index < -0.39 is 17.6 Å². The van der Waals surface area contributed by atoms with Crippen molar-refractivity contribution in [2.75, 3.05) is 11.1 Å². The summed E-state index contributed by atoms with van der Waals surface area (Å²) in [4.78, 5) is 18.6. The number of nitrogens with two attached hydrogens (primary N) is 1. The molecule has 2 aromatic heterocycles. The summed E-state index contributed by atoms with van der Waals surface area (Å²) < 4.78 is 39.2. The van der Waals surface area contributed by atoms with Crippen LogP contribution in [0.2, 0.25) is 0 Å². The van der Waals surface area contributed by atoms with Crippen LogP contribution in [0, 0.1) is 0 Å². The topological polar surface area (TPSA) is 68.0 Å². The molecule has 0 aliphatic carbocycles. The molecule has 0 radical (unpaired) electrons. The Kier molecular flexibility index (Phi) is 5.74. The summed E-state index contributed by atoms with van der Waals surface area (Å²) >= 11 is 1.11. The van der Waals surface area contributed by atoms with Gasteiger partial charge in [0.05, 0.1) is 16.9 Å². The van der Waals surface area contributed by atoms with E-state index in [0.717, 1.165) is 45.9 Å². The molecule has 0 aliphatic rings. The SMILES string of the molecule is Nc1c(C(=O)Nc2cccc(C(F)(F)F)c2)sc2nc(-c3ccccc3)cc(-c3ccccc3)c12. The van der Waals surface area contributed by atoms with Crippen LogP contribution in [0.1, 0.15) is 15.2 Å². The fraction of sp³-hybridized carbons (Fsp3) is 0.0370. The Morgan fingerprint density at radius 3 is 2.17 bits per heavy atom. The van der Waals surface area contributed by atoms with Crippen LogP contribution in [0.15, 0.2) is 91.0 Å². The van der Waals surface area contributed by atoms with Gasteiger partial charge in [-0.1, -0.05) is 66.7 Å². The van der Waals surface area contributed by atoms with Crippen LogP contribution >= 0.6 is 11.3 Å². The normalized spacial score (nSPS) is 11.5. The molecule has 3 N–H and O–H groups in total. The Morgan fingerprint density at radius 2 is 1.51 bits per heavy atom. The molecular weight excluding hydrogens is 471 g/mol. The van der Waals surface area contributed by atoms with Gasteiger partial charge in [0.1, 0.15) is 9.71 Å². The predicted molar refractivity (Wildman–Crippen MR) is 134 cm³/mol. The quantitative estimate of drug-likeness (QED) is 0.275. The zero-order valence-corrected chi connectivity index (χ0v) is 19.0. The number of nitrogens with one attached hydrogen (secondary N) is 1. The third kappa shape index (κ3) is 4.48. The first-order chi connectivity index (χ1) is 16.8. The molecule has 0 atom stereocenters. The van der Waals surface area contributed by atoms with Crippen LogP contribution in [-0.2, 0) is 6.18 Å². The van der Waals surface area contributed by atoms with E-state index >= 15 is 0 Å². The number of anilines is 2. The molecule has 5 rings (SSSR count). The number of hydrogen-bond donors (Lipinski definition) is 2. The lowest BCUT2D eigenvalue weighted by Crippen LogP contribution is -2.13. The van der Waals surface area contributed by atoms with E-state index in [0.29, 0.717) is 10.2 Å². The van der Waals surface area contributed by atoms with Gasteiger partial charge >= 0.3 is 6.18 Å². The summed E-state index contributed by atoms with van der Waals surface area (Å²) in [6.45, 7) is 0. The van der Waals surface area contributed by atoms with Crippen LogP contribution < -0.4 is 11.1 Å². The highest BCUT2D eigenvalue weighted by atomic mass is 32.1. The standard InChI is InChI=1S/C27H18F3N3OS/c28-27(29,30)18-12-7-13-19(14-18)32-25(34)24-23(31)22-20(16-8-3-1-4-9-16)15-21(33-26(22)35-24)17-10-5-2-6-11-17/h1-15H,31H2,(H,32,34). The maximum absolute atomic E-state index is 13.1. The number of benzene rings is 3. The summed E-state index contributed by atoms with van der Waals surface area (Å²) in [5.41, 5.74) is 9.23. The number of hydrogen-bond acceptors (Lipinski definition) is 4.